The molecule has 0 heterocycles. The summed E-state index contributed by atoms with van der Waals surface area (Å²) in [6, 6.07) is 0. The Labute approximate surface area is 549 Å². The molecule has 0 amide bonds. The Hall–Kier alpha value is -1.94. The van der Waals surface area contributed by atoms with Gasteiger partial charge in [-0.2, -0.15) is 0 Å². The van der Waals surface area contributed by atoms with Crippen molar-refractivity contribution in [1.29, 1.82) is 0 Å². The molecule has 0 fully saturated rings. The second kappa shape index (κ2) is 61.9. The lowest BCUT2D eigenvalue weighted by Gasteiger charge is -2.21. The molecule has 0 spiro atoms. The Balaban J connectivity index is 5.25. The average molecular weight is 1330 g/mol. The summed E-state index contributed by atoms with van der Waals surface area (Å²) in [5.41, 5.74) is 0. The van der Waals surface area contributed by atoms with Crippen molar-refractivity contribution in [3.63, 3.8) is 0 Å². The molecule has 0 aromatic carbocycles. The number of carbonyl (C=O) groups is 4. The topological polar surface area (TPSA) is 237 Å². The number of phosphoric acid groups is 2. The Morgan fingerprint density at radius 3 is 0.844 bits per heavy atom. The first-order chi connectivity index (χ1) is 43.3. The molecular weight excluding hydrogens is 1190 g/mol. The highest BCUT2D eigenvalue weighted by molar-refractivity contribution is 7.47. The zero-order valence-electron chi connectivity index (χ0n) is 58.6. The predicted octanol–water partition coefficient (Wildman–Crippen LogP) is 20.2. The smallest absolute Gasteiger partial charge is 0.462 e. The number of rotatable bonds is 69. The molecule has 0 saturated carbocycles. The summed E-state index contributed by atoms with van der Waals surface area (Å²) in [6.45, 7) is 11.8. The van der Waals surface area contributed by atoms with Gasteiger partial charge in [0.05, 0.1) is 26.4 Å². The molecule has 4 unspecified atom stereocenters. The molecule has 90 heavy (non-hydrogen) atoms. The number of hydrogen-bond acceptors (Lipinski definition) is 15. The van der Waals surface area contributed by atoms with Crippen molar-refractivity contribution < 1.29 is 80.2 Å². The van der Waals surface area contributed by atoms with Gasteiger partial charge in [0.2, 0.25) is 0 Å². The fourth-order valence-corrected chi connectivity index (χ4v) is 12.2. The van der Waals surface area contributed by atoms with Gasteiger partial charge in [0, 0.05) is 25.7 Å². The van der Waals surface area contributed by atoms with Crippen LogP contribution in [-0.4, -0.2) is 96.7 Å². The van der Waals surface area contributed by atoms with Gasteiger partial charge in [-0.3, -0.25) is 37.3 Å². The fraction of sp³-hybridized carbons (Fsp3) is 0.944. The van der Waals surface area contributed by atoms with Gasteiger partial charge < -0.3 is 33.8 Å². The van der Waals surface area contributed by atoms with E-state index in [4.69, 9.17) is 37.0 Å². The van der Waals surface area contributed by atoms with Gasteiger partial charge >= 0.3 is 39.5 Å². The van der Waals surface area contributed by atoms with Crippen LogP contribution in [0.25, 0.3) is 0 Å². The molecule has 0 aliphatic heterocycles. The summed E-state index contributed by atoms with van der Waals surface area (Å²) >= 11 is 0. The maximum absolute atomic E-state index is 13.0. The maximum atomic E-state index is 13.0. The van der Waals surface area contributed by atoms with Crippen LogP contribution in [0, 0.1) is 17.8 Å². The van der Waals surface area contributed by atoms with Gasteiger partial charge in [-0.15, -0.1) is 0 Å². The van der Waals surface area contributed by atoms with Crippen molar-refractivity contribution in [1.82, 2.24) is 0 Å². The number of unbranched alkanes of at least 4 members (excludes halogenated alkanes) is 35. The number of aliphatic hydroxyl groups excluding tert-OH is 1. The number of phosphoric ester groups is 2. The molecule has 3 N–H and O–H groups in total. The van der Waals surface area contributed by atoms with Crippen molar-refractivity contribution in [3.05, 3.63) is 0 Å². The summed E-state index contributed by atoms with van der Waals surface area (Å²) in [5, 5.41) is 10.6. The monoisotopic (exact) mass is 1320 g/mol. The van der Waals surface area contributed by atoms with Crippen molar-refractivity contribution in [2.24, 2.45) is 17.8 Å². The number of carbonyl (C=O) groups excluding carboxylic acids is 4. The van der Waals surface area contributed by atoms with Gasteiger partial charge in [-0.05, 0) is 43.4 Å². The van der Waals surface area contributed by atoms with E-state index in [1.165, 1.54) is 161 Å². The third-order valence-corrected chi connectivity index (χ3v) is 19.0. The predicted molar refractivity (Wildman–Crippen MR) is 363 cm³/mol. The van der Waals surface area contributed by atoms with Crippen molar-refractivity contribution >= 4 is 39.5 Å². The molecule has 0 saturated heterocycles. The second-order valence-electron chi connectivity index (χ2n) is 26.6. The van der Waals surface area contributed by atoms with Crippen LogP contribution in [0.5, 0.6) is 0 Å². The minimum Gasteiger partial charge on any atom is -0.462 e. The molecule has 0 radical (unpaired) electrons. The Kier molecular flexibility index (Phi) is 60.6. The first-order valence-electron chi connectivity index (χ1n) is 36.9. The SMILES string of the molecule is CCCCCCCCCCCCCCCCCCCC(=O)O[C@H](COC(=O)CCCCCCCCCCC(C)CC)COP(=O)(O)OC[C@@H](O)COP(=O)(O)OC[C@@H](COC(=O)CCCCCCCCC(C)CC)OC(=O)CCCCCCCCCCC(C)C. The Morgan fingerprint density at radius 1 is 0.322 bits per heavy atom. The minimum absolute atomic E-state index is 0.103. The van der Waals surface area contributed by atoms with Crippen molar-refractivity contribution in [3.8, 4) is 0 Å². The van der Waals surface area contributed by atoms with Gasteiger partial charge in [0.25, 0.3) is 0 Å². The number of hydrogen-bond donors (Lipinski definition) is 3. The number of esters is 4. The van der Waals surface area contributed by atoms with Crippen LogP contribution in [0.1, 0.15) is 357 Å². The van der Waals surface area contributed by atoms with E-state index in [-0.39, 0.29) is 25.7 Å². The number of aliphatic hydroxyl groups is 1. The van der Waals surface area contributed by atoms with Crippen LogP contribution in [0.2, 0.25) is 0 Å². The lowest BCUT2D eigenvalue weighted by molar-refractivity contribution is -0.161. The Morgan fingerprint density at radius 2 is 0.567 bits per heavy atom. The maximum Gasteiger partial charge on any atom is 0.472 e. The summed E-state index contributed by atoms with van der Waals surface area (Å²) in [6.07, 6.45) is 45.8. The highest BCUT2D eigenvalue weighted by Gasteiger charge is 2.30. The molecule has 0 aliphatic rings. The quantitative estimate of drug-likeness (QED) is 0.0222. The molecule has 0 aliphatic carbocycles. The standard InChI is InChI=1S/C71H138O17P2/c1-8-11-12-13-14-15-16-17-18-19-20-21-22-23-31-40-47-54-70(75)87-66(58-81-68(73)52-45-38-30-27-25-29-36-43-50-63(6)9-2)60-85-89(77,78)83-56-65(72)57-84-90(79,80)86-61-67(59-82-69(74)53-46-39-34-33-37-44-51-64(7)10-3)88-71(76)55-48-41-32-26-24-28-35-42-49-62(4)5/h62-67,72H,8-61H2,1-7H3,(H,77,78)(H,79,80)/t63?,64?,65-,66-,67-/m1/s1. The summed E-state index contributed by atoms with van der Waals surface area (Å²) in [7, 11) is -9.90. The highest BCUT2D eigenvalue weighted by atomic mass is 31.2. The first kappa shape index (κ1) is 88.1. The van der Waals surface area contributed by atoms with Crippen LogP contribution in [0.15, 0.2) is 0 Å². The summed E-state index contributed by atoms with van der Waals surface area (Å²) in [5.74, 6) is 0.0989. The molecule has 0 aromatic heterocycles. The second-order valence-corrected chi connectivity index (χ2v) is 29.5. The van der Waals surface area contributed by atoms with Crippen LogP contribution in [-0.2, 0) is 65.4 Å². The molecule has 0 bridgehead atoms. The van der Waals surface area contributed by atoms with Crippen LogP contribution in [0.4, 0.5) is 0 Å². The average Bonchev–Trinajstić information content (AvgIpc) is 3.11. The van der Waals surface area contributed by atoms with E-state index >= 15 is 0 Å². The summed E-state index contributed by atoms with van der Waals surface area (Å²) in [4.78, 5) is 72.6. The molecule has 19 heteroatoms. The van der Waals surface area contributed by atoms with E-state index in [0.29, 0.717) is 25.7 Å². The molecular formula is C71H138O17P2. The van der Waals surface area contributed by atoms with Crippen LogP contribution in [0.3, 0.4) is 0 Å². The Bertz CT molecular complexity index is 1770. The van der Waals surface area contributed by atoms with Gasteiger partial charge in [0.1, 0.15) is 19.3 Å². The van der Waals surface area contributed by atoms with Crippen molar-refractivity contribution in [2.75, 3.05) is 39.6 Å². The zero-order chi connectivity index (χ0) is 66.6. The highest BCUT2D eigenvalue weighted by Crippen LogP contribution is 2.45. The third kappa shape index (κ3) is 62.2. The van der Waals surface area contributed by atoms with Crippen molar-refractivity contribution in [2.45, 2.75) is 375 Å². The van der Waals surface area contributed by atoms with Gasteiger partial charge in [-0.25, -0.2) is 9.13 Å². The zero-order valence-corrected chi connectivity index (χ0v) is 60.4. The van der Waals surface area contributed by atoms with Gasteiger partial charge in [0.15, 0.2) is 12.2 Å². The van der Waals surface area contributed by atoms with Crippen LogP contribution < -0.4 is 0 Å². The van der Waals surface area contributed by atoms with E-state index in [1.54, 1.807) is 0 Å². The molecule has 0 rings (SSSR count). The van der Waals surface area contributed by atoms with E-state index < -0.39 is 97.5 Å². The van der Waals surface area contributed by atoms with E-state index in [9.17, 15) is 43.2 Å². The first-order valence-corrected chi connectivity index (χ1v) is 39.9. The molecule has 17 nitrogen and oxygen atoms in total. The lowest BCUT2D eigenvalue weighted by Crippen LogP contribution is -2.30. The normalized spacial score (nSPS) is 14.8. The minimum atomic E-state index is -4.95. The van der Waals surface area contributed by atoms with E-state index in [0.717, 1.165) is 114 Å². The summed E-state index contributed by atoms with van der Waals surface area (Å²) < 4.78 is 68.3. The third-order valence-electron chi connectivity index (χ3n) is 17.1. The molecule has 7 atom stereocenters. The lowest BCUT2D eigenvalue weighted by atomic mass is 9.99. The molecule has 534 valence electrons. The van der Waals surface area contributed by atoms with E-state index in [1.807, 2.05) is 0 Å². The largest absolute Gasteiger partial charge is 0.472 e. The number of ether oxygens (including phenoxy) is 4. The molecule has 0 aromatic rings. The van der Waals surface area contributed by atoms with Crippen LogP contribution >= 0.6 is 15.6 Å². The fourth-order valence-electron chi connectivity index (χ4n) is 10.7. The van der Waals surface area contributed by atoms with E-state index in [2.05, 4.69) is 48.5 Å². The van der Waals surface area contributed by atoms with Gasteiger partial charge in [-0.1, -0.05) is 305 Å².